The van der Waals surface area contributed by atoms with Crippen molar-refractivity contribution in [1.82, 2.24) is 10.2 Å². The first kappa shape index (κ1) is 13.4. The van der Waals surface area contributed by atoms with E-state index in [1.807, 2.05) is 0 Å². The lowest BCUT2D eigenvalue weighted by Crippen LogP contribution is -2.41. The first-order chi connectivity index (χ1) is 6.47. The van der Waals surface area contributed by atoms with Crippen LogP contribution in [0, 0.1) is 5.92 Å². The molecule has 0 spiro atoms. The number of nitrogens with zero attached hydrogens (tertiary/aromatic N) is 1. The Morgan fingerprint density at radius 2 is 2.07 bits per heavy atom. The van der Waals surface area contributed by atoms with Crippen molar-refractivity contribution in [3.8, 4) is 0 Å². The van der Waals surface area contributed by atoms with E-state index in [9.17, 15) is 4.79 Å². The third-order valence-electron chi connectivity index (χ3n) is 2.17. The van der Waals surface area contributed by atoms with Gasteiger partial charge < -0.3 is 16.0 Å². The molecule has 0 rings (SSSR count). The van der Waals surface area contributed by atoms with Gasteiger partial charge in [-0.3, -0.25) is 4.79 Å². The van der Waals surface area contributed by atoms with Gasteiger partial charge in [0, 0.05) is 6.54 Å². The van der Waals surface area contributed by atoms with Gasteiger partial charge in [0.15, 0.2) is 0 Å². The van der Waals surface area contributed by atoms with Crippen molar-refractivity contribution in [3.63, 3.8) is 0 Å². The summed E-state index contributed by atoms with van der Waals surface area (Å²) in [5, 5.41) is 2.91. The average Bonchev–Trinajstić information content (AvgIpc) is 2.03. The van der Waals surface area contributed by atoms with Gasteiger partial charge in [-0.15, -0.1) is 0 Å². The first-order valence-corrected chi connectivity index (χ1v) is 5.12. The summed E-state index contributed by atoms with van der Waals surface area (Å²) >= 11 is 0. The molecule has 0 aliphatic heterocycles. The van der Waals surface area contributed by atoms with Crippen LogP contribution >= 0.6 is 0 Å². The Labute approximate surface area is 86.8 Å². The highest BCUT2D eigenvalue weighted by molar-refractivity contribution is 5.79. The number of likely N-dealkylation sites (N-methyl/N-ethyl adjacent to an activating group) is 1. The maximum Gasteiger partial charge on any atom is 0.234 e. The Morgan fingerprint density at radius 1 is 1.50 bits per heavy atom. The average molecular weight is 201 g/mol. The summed E-state index contributed by atoms with van der Waals surface area (Å²) in [5.74, 6) is 0.382. The molecule has 1 amide bonds. The van der Waals surface area contributed by atoms with Gasteiger partial charge in [0.25, 0.3) is 0 Å². The summed E-state index contributed by atoms with van der Waals surface area (Å²) in [5.41, 5.74) is 5.21. The summed E-state index contributed by atoms with van der Waals surface area (Å²) in [4.78, 5) is 13.1. The zero-order chi connectivity index (χ0) is 11.1. The van der Waals surface area contributed by atoms with Crippen LogP contribution in [0.2, 0.25) is 0 Å². The van der Waals surface area contributed by atoms with Gasteiger partial charge in [-0.05, 0) is 33.0 Å². The first-order valence-electron chi connectivity index (χ1n) is 5.12. The topological polar surface area (TPSA) is 58.4 Å². The molecular weight excluding hydrogens is 178 g/mol. The van der Waals surface area contributed by atoms with E-state index in [1.165, 1.54) is 0 Å². The van der Waals surface area contributed by atoms with Crippen LogP contribution in [0.5, 0.6) is 0 Å². The molecule has 0 saturated heterocycles. The third kappa shape index (κ3) is 5.94. The number of carbonyl (C=O) groups excluding carboxylic acids is 1. The lowest BCUT2D eigenvalue weighted by molar-refractivity contribution is -0.120. The quantitative estimate of drug-likeness (QED) is 0.611. The second-order valence-corrected chi connectivity index (χ2v) is 4.19. The number of primary amides is 1. The van der Waals surface area contributed by atoms with E-state index < -0.39 is 0 Å². The summed E-state index contributed by atoms with van der Waals surface area (Å²) < 4.78 is 0. The molecule has 3 N–H and O–H groups in total. The molecule has 4 nitrogen and oxygen atoms in total. The Bertz CT molecular complexity index is 171. The molecule has 4 heteroatoms. The van der Waals surface area contributed by atoms with E-state index in [-0.39, 0.29) is 11.9 Å². The molecule has 0 aromatic rings. The molecule has 0 heterocycles. The van der Waals surface area contributed by atoms with E-state index in [0.29, 0.717) is 5.92 Å². The monoisotopic (exact) mass is 201 g/mol. The van der Waals surface area contributed by atoms with Crippen LogP contribution in [0.15, 0.2) is 0 Å². The zero-order valence-electron chi connectivity index (χ0n) is 9.71. The fourth-order valence-electron chi connectivity index (χ4n) is 1.49. The SMILES string of the molecule is CNC(CCN(C)CC(C)C)C(N)=O. The lowest BCUT2D eigenvalue weighted by Gasteiger charge is -2.21. The van der Waals surface area contributed by atoms with Crippen LogP contribution in [-0.4, -0.2) is 44.0 Å². The maximum absolute atomic E-state index is 10.9. The van der Waals surface area contributed by atoms with Gasteiger partial charge in [-0.1, -0.05) is 13.8 Å². The van der Waals surface area contributed by atoms with Gasteiger partial charge in [0.05, 0.1) is 6.04 Å². The summed E-state index contributed by atoms with van der Waals surface area (Å²) in [6.07, 6.45) is 0.773. The number of nitrogens with two attached hydrogens (primary N) is 1. The van der Waals surface area contributed by atoms with Crippen molar-refractivity contribution in [2.24, 2.45) is 11.7 Å². The molecule has 0 aromatic carbocycles. The standard InChI is InChI=1S/C10H23N3O/c1-8(2)7-13(4)6-5-9(12-3)10(11)14/h8-9,12H,5-7H2,1-4H3,(H2,11,14). The predicted molar refractivity (Wildman–Crippen MR) is 59.0 cm³/mol. The third-order valence-corrected chi connectivity index (χ3v) is 2.17. The highest BCUT2D eigenvalue weighted by Gasteiger charge is 2.13. The van der Waals surface area contributed by atoms with Crippen LogP contribution in [0.25, 0.3) is 0 Å². The molecule has 1 atom stereocenters. The number of carbonyl (C=O) groups is 1. The van der Waals surface area contributed by atoms with Gasteiger partial charge in [0.2, 0.25) is 5.91 Å². The Balaban J connectivity index is 3.73. The lowest BCUT2D eigenvalue weighted by atomic mass is 10.1. The van der Waals surface area contributed by atoms with Crippen LogP contribution in [-0.2, 0) is 4.79 Å². The van der Waals surface area contributed by atoms with Crippen LogP contribution in [0.3, 0.4) is 0 Å². The molecular formula is C10H23N3O. The Morgan fingerprint density at radius 3 is 2.43 bits per heavy atom. The van der Waals surface area contributed by atoms with E-state index in [2.05, 4.69) is 31.1 Å². The second-order valence-electron chi connectivity index (χ2n) is 4.19. The summed E-state index contributed by atoms with van der Waals surface area (Å²) in [6, 6.07) is -0.204. The van der Waals surface area contributed by atoms with Crippen molar-refractivity contribution in [1.29, 1.82) is 0 Å². The largest absolute Gasteiger partial charge is 0.368 e. The van der Waals surface area contributed by atoms with Gasteiger partial charge in [0.1, 0.15) is 0 Å². The molecule has 0 radical (unpaired) electrons. The van der Waals surface area contributed by atoms with Crippen LogP contribution in [0.1, 0.15) is 20.3 Å². The number of rotatable bonds is 7. The minimum atomic E-state index is -0.273. The van der Waals surface area contributed by atoms with Crippen LogP contribution < -0.4 is 11.1 Å². The Hall–Kier alpha value is -0.610. The molecule has 0 saturated carbocycles. The number of hydrogen-bond acceptors (Lipinski definition) is 3. The zero-order valence-corrected chi connectivity index (χ0v) is 9.71. The molecule has 0 aromatic heterocycles. The minimum Gasteiger partial charge on any atom is -0.368 e. The highest BCUT2D eigenvalue weighted by atomic mass is 16.1. The summed E-state index contributed by atoms with van der Waals surface area (Å²) in [6.45, 7) is 6.31. The van der Waals surface area contributed by atoms with Crippen molar-refractivity contribution in [3.05, 3.63) is 0 Å². The number of hydrogen-bond donors (Lipinski definition) is 2. The van der Waals surface area contributed by atoms with Crippen molar-refractivity contribution in [2.45, 2.75) is 26.3 Å². The van der Waals surface area contributed by atoms with Crippen molar-refractivity contribution < 1.29 is 4.79 Å². The Kier molecular flexibility index (Phi) is 6.49. The van der Waals surface area contributed by atoms with E-state index in [4.69, 9.17) is 5.73 Å². The molecule has 1 unspecified atom stereocenters. The smallest absolute Gasteiger partial charge is 0.234 e. The van der Waals surface area contributed by atoms with Crippen molar-refractivity contribution >= 4 is 5.91 Å². The molecule has 0 bridgehead atoms. The van der Waals surface area contributed by atoms with Gasteiger partial charge >= 0.3 is 0 Å². The second kappa shape index (κ2) is 6.79. The predicted octanol–water partition coefficient (Wildman–Crippen LogP) is 0.0376. The van der Waals surface area contributed by atoms with E-state index >= 15 is 0 Å². The van der Waals surface area contributed by atoms with Gasteiger partial charge in [-0.25, -0.2) is 0 Å². The normalized spacial score (nSPS) is 13.6. The fourth-order valence-corrected chi connectivity index (χ4v) is 1.49. The molecule has 0 aliphatic carbocycles. The molecule has 0 fully saturated rings. The highest BCUT2D eigenvalue weighted by Crippen LogP contribution is 1.98. The number of nitrogens with one attached hydrogen (secondary N) is 1. The van der Waals surface area contributed by atoms with Crippen molar-refractivity contribution in [2.75, 3.05) is 27.2 Å². The van der Waals surface area contributed by atoms with Gasteiger partial charge in [-0.2, -0.15) is 0 Å². The molecule has 14 heavy (non-hydrogen) atoms. The number of amides is 1. The van der Waals surface area contributed by atoms with Crippen LogP contribution in [0.4, 0.5) is 0 Å². The maximum atomic E-state index is 10.9. The molecule has 0 aliphatic rings. The summed E-state index contributed by atoms with van der Waals surface area (Å²) in [7, 11) is 3.82. The molecule has 84 valence electrons. The fraction of sp³-hybridized carbons (Fsp3) is 0.900. The minimum absolute atomic E-state index is 0.204. The van der Waals surface area contributed by atoms with E-state index in [0.717, 1.165) is 19.5 Å². The van der Waals surface area contributed by atoms with E-state index in [1.54, 1.807) is 7.05 Å².